The van der Waals surface area contributed by atoms with Crippen LogP contribution in [0.5, 0.6) is 0 Å². The monoisotopic (exact) mass is 557 g/mol. The molecule has 2 heterocycles. The van der Waals surface area contributed by atoms with Crippen molar-refractivity contribution in [3.63, 3.8) is 0 Å². The summed E-state index contributed by atoms with van der Waals surface area (Å²) in [7, 11) is 0. The number of hydrogen-bond donors (Lipinski definition) is 2. The van der Waals surface area contributed by atoms with Gasteiger partial charge in [0, 0.05) is 25.5 Å². The zero-order valence-corrected chi connectivity index (χ0v) is 24.3. The molecule has 3 saturated carbocycles. The van der Waals surface area contributed by atoms with Gasteiger partial charge in [-0.1, -0.05) is 33.1 Å². The minimum atomic E-state index is -0.541. The minimum Gasteiger partial charge on any atom is -0.461 e. The number of rotatable bonds is 13. The first-order chi connectivity index (χ1) is 19.4. The number of carbonyl (C=O) groups is 2. The van der Waals surface area contributed by atoms with Crippen LogP contribution in [0.15, 0.2) is 12.4 Å². The SMILES string of the molecule is CC(C)COC(C)ONC(=O)c1cnc(N2CC3C(CN[C@H](C(=O)OC4CCCC4)C4CCCCC4)C3C2)nc1. The van der Waals surface area contributed by atoms with E-state index in [4.69, 9.17) is 14.3 Å². The van der Waals surface area contributed by atoms with E-state index in [0.717, 1.165) is 45.3 Å². The Morgan fingerprint density at radius 2 is 1.62 bits per heavy atom. The van der Waals surface area contributed by atoms with E-state index < -0.39 is 12.2 Å². The zero-order chi connectivity index (χ0) is 28.1. The van der Waals surface area contributed by atoms with Crippen LogP contribution in [0.2, 0.25) is 0 Å². The van der Waals surface area contributed by atoms with Crippen molar-refractivity contribution >= 4 is 17.8 Å². The lowest BCUT2D eigenvalue weighted by Crippen LogP contribution is -2.46. The number of hydroxylamine groups is 1. The van der Waals surface area contributed by atoms with E-state index in [1.54, 1.807) is 6.92 Å². The number of amides is 1. The van der Waals surface area contributed by atoms with Gasteiger partial charge >= 0.3 is 5.97 Å². The van der Waals surface area contributed by atoms with Gasteiger partial charge in [0.2, 0.25) is 5.95 Å². The Hall–Kier alpha value is -2.30. The maximum atomic E-state index is 13.2. The molecule has 10 nitrogen and oxygen atoms in total. The number of nitrogens with one attached hydrogen (secondary N) is 2. The minimum absolute atomic E-state index is 0.0216. The van der Waals surface area contributed by atoms with Gasteiger partial charge in [-0.2, -0.15) is 0 Å². The fourth-order valence-corrected chi connectivity index (χ4v) is 6.69. The van der Waals surface area contributed by atoms with Crippen LogP contribution in [0.25, 0.3) is 0 Å². The van der Waals surface area contributed by atoms with Crippen LogP contribution in [-0.2, 0) is 19.1 Å². The molecule has 0 radical (unpaired) electrons. The summed E-state index contributed by atoms with van der Waals surface area (Å²) in [5, 5.41) is 3.67. The number of carbonyl (C=O) groups excluding carboxylic acids is 2. The van der Waals surface area contributed by atoms with Crippen LogP contribution in [0, 0.1) is 29.6 Å². The van der Waals surface area contributed by atoms with Crippen molar-refractivity contribution in [1.82, 2.24) is 20.8 Å². The fraction of sp³-hybridized carbons (Fsp3) is 0.800. The number of aromatic nitrogens is 2. The lowest BCUT2D eigenvalue weighted by Gasteiger charge is -2.31. The normalized spacial score (nSPS) is 26.5. The van der Waals surface area contributed by atoms with E-state index >= 15 is 0 Å². The molecule has 4 fully saturated rings. The summed E-state index contributed by atoms with van der Waals surface area (Å²) in [4.78, 5) is 41.9. The lowest BCUT2D eigenvalue weighted by atomic mass is 9.83. The van der Waals surface area contributed by atoms with E-state index in [0.29, 0.717) is 47.7 Å². The highest BCUT2D eigenvalue weighted by atomic mass is 16.8. The van der Waals surface area contributed by atoms with Gasteiger partial charge in [-0.25, -0.2) is 20.3 Å². The molecular weight excluding hydrogens is 510 g/mol. The Balaban J connectivity index is 1.06. The highest BCUT2D eigenvalue weighted by Crippen LogP contribution is 2.51. The molecule has 1 saturated heterocycles. The van der Waals surface area contributed by atoms with Crippen molar-refractivity contribution < 1.29 is 23.9 Å². The highest BCUT2D eigenvalue weighted by Gasteiger charge is 2.56. The van der Waals surface area contributed by atoms with Gasteiger partial charge in [0.1, 0.15) is 12.1 Å². The van der Waals surface area contributed by atoms with Crippen LogP contribution in [-0.4, -0.2) is 66.5 Å². The molecule has 0 aromatic carbocycles. The molecule has 5 rings (SSSR count). The number of anilines is 1. The van der Waals surface area contributed by atoms with Gasteiger partial charge < -0.3 is 19.7 Å². The number of ether oxygens (including phenoxy) is 2. The Kier molecular flexibility index (Phi) is 9.91. The van der Waals surface area contributed by atoms with Gasteiger partial charge in [-0.3, -0.25) is 9.59 Å². The second-order valence-corrected chi connectivity index (χ2v) is 12.6. The molecule has 1 aromatic rings. The number of fused-ring (bicyclic) bond motifs is 1. The number of hydrogen-bond acceptors (Lipinski definition) is 9. The molecule has 1 aromatic heterocycles. The van der Waals surface area contributed by atoms with Crippen LogP contribution < -0.4 is 15.7 Å². The van der Waals surface area contributed by atoms with Crippen molar-refractivity contribution in [2.24, 2.45) is 29.6 Å². The summed E-state index contributed by atoms with van der Waals surface area (Å²) in [5.74, 6) is 2.73. The van der Waals surface area contributed by atoms with Gasteiger partial charge in [0.05, 0.1) is 12.2 Å². The summed E-state index contributed by atoms with van der Waals surface area (Å²) < 4.78 is 11.4. The maximum Gasteiger partial charge on any atom is 0.323 e. The summed E-state index contributed by atoms with van der Waals surface area (Å²) in [6.45, 7) is 9.06. The van der Waals surface area contributed by atoms with Crippen molar-refractivity contribution in [2.75, 3.05) is 31.1 Å². The zero-order valence-electron chi connectivity index (χ0n) is 24.3. The van der Waals surface area contributed by atoms with E-state index in [2.05, 4.69) is 39.5 Å². The molecule has 222 valence electrons. The predicted molar refractivity (Wildman–Crippen MR) is 150 cm³/mol. The predicted octanol–water partition coefficient (Wildman–Crippen LogP) is 3.86. The quantitative estimate of drug-likeness (QED) is 0.212. The van der Waals surface area contributed by atoms with Crippen molar-refractivity contribution in [3.8, 4) is 0 Å². The standard InChI is InChI=1S/C30H47N5O5/c1-19(2)18-38-20(3)40-34-28(36)22-13-32-30(33-14-22)35-16-25-24(26(25)17-35)15-31-27(21-9-5-4-6-10-21)29(37)39-23-11-7-8-12-23/h13-14,19-21,23-27,31H,4-12,15-18H2,1-3H3,(H,34,36)/t20?,24?,25?,26?,27-/m0/s1. The second-order valence-electron chi connectivity index (χ2n) is 12.6. The highest BCUT2D eigenvalue weighted by molar-refractivity contribution is 5.92. The molecular formula is C30H47N5O5. The second kappa shape index (κ2) is 13.6. The molecule has 40 heavy (non-hydrogen) atoms. The molecule has 4 aliphatic rings. The molecule has 1 aliphatic heterocycles. The molecule has 0 bridgehead atoms. The maximum absolute atomic E-state index is 13.2. The molecule has 4 atom stereocenters. The Morgan fingerprint density at radius 1 is 0.975 bits per heavy atom. The average molecular weight is 558 g/mol. The third-order valence-electron chi connectivity index (χ3n) is 9.07. The smallest absolute Gasteiger partial charge is 0.323 e. The van der Waals surface area contributed by atoms with E-state index in [9.17, 15) is 9.59 Å². The molecule has 3 aliphatic carbocycles. The lowest BCUT2D eigenvalue weighted by molar-refractivity contribution is -0.163. The summed E-state index contributed by atoms with van der Waals surface area (Å²) in [6, 6.07) is -0.172. The third kappa shape index (κ3) is 7.50. The topological polar surface area (TPSA) is 115 Å². The van der Waals surface area contributed by atoms with E-state index in [1.807, 2.05) is 0 Å². The largest absolute Gasteiger partial charge is 0.461 e. The van der Waals surface area contributed by atoms with Crippen molar-refractivity contribution in [1.29, 1.82) is 0 Å². The van der Waals surface area contributed by atoms with E-state index in [-0.39, 0.29) is 18.1 Å². The summed E-state index contributed by atoms with van der Waals surface area (Å²) in [6.07, 6.45) is 12.9. The van der Waals surface area contributed by atoms with Gasteiger partial charge in [0.15, 0.2) is 6.29 Å². The van der Waals surface area contributed by atoms with Crippen LogP contribution in [0.1, 0.15) is 88.9 Å². The molecule has 10 heteroatoms. The Bertz CT molecular complexity index is 967. The molecule has 1 amide bonds. The van der Waals surface area contributed by atoms with Crippen molar-refractivity contribution in [2.45, 2.75) is 97.0 Å². The van der Waals surface area contributed by atoms with Crippen molar-refractivity contribution in [3.05, 3.63) is 18.0 Å². The number of esters is 1. The molecule has 2 N–H and O–H groups in total. The van der Waals surface area contributed by atoms with Crippen LogP contribution in [0.3, 0.4) is 0 Å². The number of piperidine rings is 1. The summed E-state index contributed by atoms with van der Waals surface area (Å²) in [5.41, 5.74) is 2.75. The Labute approximate surface area is 238 Å². The molecule has 0 spiro atoms. The van der Waals surface area contributed by atoms with E-state index in [1.165, 1.54) is 44.5 Å². The van der Waals surface area contributed by atoms with Crippen LogP contribution in [0.4, 0.5) is 5.95 Å². The summed E-state index contributed by atoms with van der Waals surface area (Å²) >= 11 is 0. The average Bonchev–Trinajstić information content (AvgIpc) is 3.31. The first-order valence-electron chi connectivity index (χ1n) is 15.5. The fourth-order valence-electron chi connectivity index (χ4n) is 6.69. The first-order valence-corrected chi connectivity index (χ1v) is 15.5. The van der Waals surface area contributed by atoms with Gasteiger partial charge in [-0.15, -0.1) is 0 Å². The van der Waals surface area contributed by atoms with Gasteiger partial charge in [0.25, 0.3) is 5.91 Å². The van der Waals surface area contributed by atoms with Crippen LogP contribution >= 0.6 is 0 Å². The van der Waals surface area contributed by atoms with Gasteiger partial charge in [-0.05, 0) is 81.6 Å². The number of nitrogens with zero attached hydrogens (tertiary/aromatic N) is 3. The third-order valence-corrected chi connectivity index (χ3v) is 9.07. The molecule has 3 unspecified atom stereocenters. The Morgan fingerprint density at radius 3 is 2.27 bits per heavy atom. The first kappa shape index (κ1) is 29.2.